The first kappa shape index (κ1) is 6.89. The molecule has 0 saturated heterocycles. The number of hydrogen-bond acceptors (Lipinski definition) is 3. The minimum atomic E-state index is 0.0871. The third-order valence-corrected chi connectivity index (χ3v) is 1.14. The van der Waals surface area contributed by atoms with Gasteiger partial charge in [0.1, 0.15) is 5.75 Å². The second-order valence-electron chi connectivity index (χ2n) is 2.10. The van der Waals surface area contributed by atoms with Gasteiger partial charge in [0.05, 0.1) is 0 Å². The summed E-state index contributed by atoms with van der Waals surface area (Å²) in [6.07, 6.45) is 0. The third kappa shape index (κ3) is 1.39. The van der Waals surface area contributed by atoms with Crippen molar-refractivity contribution in [2.24, 2.45) is 0 Å². The number of aromatic hydroxyl groups is 1. The van der Waals surface area contributed by atoms with Crippen LogP contribution in [0.25, 0.3) is 0 Å². The molecule has 0 atom stereocenters. The van der Waals surface area contributed by atoms with Crippen LogP contribution in [-0.4, -0.2) is 10.4 Å². The zero-order valence-electron chi connectivity index (χ0n) is 5.53. The van der Waals surface area contributed by atoms with Crippen molar-refractivity contribution >= 4 is 0 Å². The van der Waals surface area contributed by atoms with Crippen LogP contribution in [0.3, 0.4) is 0 Å². The maximum atomic E-state index is 8.93. The molecule has 3 nitrogen and oxygen atoms in total. The van der Waals surface area contributed by atoms with Gasteiger partial charge in [-0.25, -0.2) is 5.26 Å². The summed E-state index contributed by atoms with van der Waals surface area (Å²) in [6.45, 7) is 1.79. The lowest BCUT2D eigenvalue weighted by Gasteiger charge is -1.98. The van der Waals surface area contributed by atoms with E-state index in [0.717, 1.165) is 5.56 Å². The molecule has 1 aromatic carbocycles. The maximum absolute atomic E-state index is 8.93. The smallest absolute Gasteiger partial charge is 0.169 e. The summed E-state index contributed by atoms with van der Waals surface area (Å²) in [5, 5.41) is 17.1. The van der Waals surface area contributed by atoms with Gasteiger partial charge in [0, 0.05) is 6.07 Å². The molecular weight excluding hydrogens is 132 g/mol. The van der Waals surface area contributed by atoms with Gasteiger partial charge in [0.2, 0.25) is 0 Å². The van der Waals surface area contributed by atoms with E-state index >= 15 is 0 Å². The molecular formula is C7H8O3. The molecule has 0 radical (unpaired) electrons. The van der Waals surface area contributed by atoms with Crippen molar-refractivity contribution in [3.63, 3.8) is 0 Å². The molecule has 0 aromatic heterocycles. The summed E-state index contributed by atoms with van der Waals surface area (Å²) in [4.78, 5) is 3.92. The van der Waals surface area contributed by atoms with Crippen molar-refractivity contribution in [3.8, 4) is 11.5 Å². The molecule has 10 heavy (non-hydrogen) atoms. The van der Waals surface area contributed by atoms with E-state index in [-0.39, 0.29) is 11.5 Å². The highest BCUT2D eigenvalue weighted by molar-refractivity contribution is 5.36. The van der Waals surface area contributed by atoms with Crippen LogP contribution in [0.15, 0.2) is 18.2 Å². The van der Waals surface area contributed by atoms with Crippen LogP contribution in [0.1, 0.15) is 5.56 Å². The normalized spacial score (nSPS) is 9.40. The fourth-order valence-electron chi connectivity index (χ4n) is 0.781. The van der Waals surface area contributed by atoms with E-state index in [9.17, 15) is 0 Å². The van der Waals surface area contributed by atoms with E-state index in [0.29, 0.717) is 0 Å². The number of hydrogen-bond donors (Lipinski definition) is 2. The number of phenols is 1. The van der Waals surface area contributed by atoms with Gasteiger partial charge >= 0.3 is 0 Å². The van der Waals surface area contributed by atoms with E-state index in [1.54, 1.807) is 19.1 Å². The molecule has 0 fully saturated rings. The van der Waals surface area contributed by atoms with Crippen molar-refractivity contribution < 1.29 is 15.3 Å². The molecule has 0 amide bonds. The van der Waals surface area contributed by atoms with Crippen molar-refractivity contribution in [1.82, 2.24) is 0 Å². The van der Waals surface area contributed by atoms with Crippen molar-refractivity contribution in [3.05, 3.63) is 23.8 Å². The second-order valence-corrected chi connectivity index (χ2v) is 2.10. The number of aryl methyl sites for hydroxylation is 1. The molecule has 2 N–H and O–H groups in total. The van der Waals surface area contributed by atoms with Gasteiger partial charge in [-0.2, -0.15) is 0 Å². The first-order valence-corrected chi connectivity index (χ1v) is 2.84. The molecule has 0 aliphatic rings. The highest BCUT2D eigenvalue weighted by atomic mass is 17.1. The van der Waals surface area contributed by atoms with Gasteiger partial charge < -0.3 is 9.99 Å². The highest BCUT2D eigenvalue weighted by Gasteiger charge is 1.95. The molecule has 0 aliphatic heterocycles. The minimum Gasteiger partial charge on any atom is -0.508 e. The van der Waals surface area contributed by atoms with E-state index < -0.39 is 0 Å². The zero-order chi connectivity index (χ0) is 7.56. The van der Waals surface area contributed by atoms with E-state index in [4.69, 9.17) is 10.4 Å². The lowest BCUT2D eigenvalue weighted by Crippen LogP contribution is -1.83. The Balaban J connectivity index is 3.06. The Morgan fingerprint density at radius 3 is 2.50 bits per heavy atom. The van der Waals surface area contributed by atoms with Gasteiger partial charge in [-0.3, -0.25) is 0 Å². The SMILES string of the molecule is Cc1cc(O)cc(OO)c1. The average molecular weight is 140 g/mol. The van der Waals surface area contributed by atoms with Crippen molar-refractivity contribution in [2.45, 2.75) is 6.92 Å². The van der Waals surface area contributed by atoms with Crippen molar-refractivity contribution in [1.29, 1.82) is 0 Å². The third-order valence-electron chi connectivity index (χ3n) is 1.14. The summed E-state index contributed by atoms with van der Waals surface area (Å²) in [5.74, 6) is 0.335. The molecule has 0 bridgehead atoms. The first-order chi connectivity index (χ1) is 4.72. The van der Waals surface area contributed by atoms with Crippen LogP contribution in [0.5, 0.6) is 11.5 Å². The van der Waals surface area contributed by atoms with Gasteiger partial charge in [-0.15, -0.1) is 0 Å². The molecule has 3 heteroatoms. The van der Waals surface area contributed by atoms with E-state index in [1.165, 1.54) is 6.07 Å². The van der Waals surface area contributed by atoms with Gasteiger partial charge in [0.15, 0.2) is 5.75 Å². The molecule has 54 valence electrons. The van der Waals surface area contributed by atoms with E-state index in [1.807, 2.05) is 0 Å². The monoisotopic (exact) mass is 140 g/mol. The second kappa shape index (κ2) is 2.58. The summed E-state index contributed by atoms with van der Waals surface area (Å²) in [7, 11) is 0. The molecule has 1 aromatic rings. The average Bonchev–Trinajstić information content (AvgIpc) is 1.85. The lowest BCUT2D eigenvalue weighted by molar-refractivity contribution is -0.137. The fourth-order valence-corrected chi connectivity index (χ4v) is 0.781. The van der Waals surface area contributed by atoms with Crippen LogP contribution in [0.4, 0.5) is 0 Å². The topological polar surface area (TPSA) is 49.7 Å². The Labute approximate surface area is 58.4 Å². The molecule has 0 aliphatic carbocycles. The molecule has 0 heterocycles. The standard InChI is InChI=1S/C7H8O3/c1-5-2-6(8)4-7(3-5)10-9/h2-4,8-9H,1H3. The zero-order valence-corrected chi connectivity index (χ0v) is 5.53. The van der Waals surface area contributed by atoms with Crippen LogP contribution in [0, 0.1) is 6.92 Å². The highest BCUT2D eigenvalue weighted by Crippen LogP contribution is 2.20. The summed E-state index contributed by atoms with van der Waals surface area (Å²) < 4.78 is 0. The maximum Gasteiger partial charge on any atom is 0.169 e. The molecule has 0 unspecified atom stereocenters. The summed E-state index contributed by atoms with van der Waals surface area (Å²) in [5.41, 5.74) is 0.837. The largest absolute Gasteiger partial charge is 0.508 e. The van der Waals surface area contributed by atoms with Crippen molar-refractivity contribution in [2.75, 3.05) is 0 Å². The van der Waals surface area contributed by atoms with Crippen LogP contribution < -0.4 is 4.89 Å². The number of benzene rings is 1. The Morgan fingerprint density at radius 1 is 1.30 bits per heavy atom. The lowest BCUT2D eigenvalue weighted by atomic mass is 10.2. The van der Waals surface area contributed by atoms with E-state index in [2.05, 4.69) is 4.89 Å². The number of phenolic OH excluding ortho intramolecular Hbond substituents is 1. The Kier molecular flexibility index (Phi) is 1.78. The predicted octanol–water partition coefficient (Wildman–Crippen LogP) is 1.55. The molecule has 0 saturated carbocycles. The number of rotatable bonds is 1. The van der Waals surface area contributed by atoms with Crippen LogP contribution >= 0.6 is 0 Å². The summed E-state index contributed by atoms with van der Waals surface area (Å²) in [6, 6.07) is 4.51. The summed E-state index contributed by atoms with van der Waals surface area (Å²) >= 11 is 0. The molecule has 0 spiro atoms. The fraction of sp³-hybridized carbons (Fsp3) is 0.143. The van der Waals surface area contributed by atoms with Crippen LogP contribution in [-0.2, 0) is 0 Å². The predicted molar refractivity (Wildman–Crippen MR) is 36.1 cm³/mol. The van der Waals surface area contributed by atoms with Gasteiger partial charge in [-0.1, -0.05) is 0 Å². The van der Waals surface area contributed by atoms with Gasteiger partial charge in [-0.05, 0) is 24.6 Å². The van der Waals surface area contributed by atoms with Crippen LogP contribution in [0.2, 0.25) is 0 Å². The van der Waals surface area contributed by atoms with Gasteiger partial charge in [0.25, 0.3) is 0 Å². The minimum absolute atomic E-state index is 0.0871. The quantitative estimate of drug-likeness (QED) is 0.459. The molecule has 1 rings (SSSR count). The Bertz CT molecular complexity index is 212. The Hall–Kier alpha value is -1.22. The first-order valence-electron chi connectivity index (χ1n) is 2.84. The Morgan fingerprint density at radius 2 is 2.00 bits per heavy atom.